The number of pyridine rings is 1. The first kappa shape index (κ1) is 14.6. The largest absolute Gasteiger partial charge is 0.384 e. The van der Waals surface area contributed by atoms with E-state index in [2.05, 4.69) is 27.3 Å². The SMILES string of the molecule is c1cc(N2CCOCC2)ncc1NCCC1CCCCC1. The van der Waals surface area contributed by atoms with Gasteiger partial charge in [-0.25, -0.2) is 4.98 Å². The van der Waals surface area contributed by atoms with Crippen LogP contribution in [0.25, 0.3) is 0 Å². The molecule has 4 heteroatoms. The predicted octanol–water partition coefficient (Wildman–Crippen LogP) is 3.30. The van der Waals surface area contributed by atoms with Crippen molar-refractivity contribution in [2.75, 3.05) is 43.1 Å². The van der Waals surface area contributed by atoms with Gasteiger partial charge in [-0.3, -0.25) is 0 Å². The van der Waals surface area contributed by atoms with Crippen molar-refractivity contribution in [1.29, 1.82) is 0 Å². The van der Waals surface area contributed by atoms with Gasteiger partial charge in [0.15, 0.2) is 0 Å². The first-order valence-corrected chi connectivity index (χ1v) is 8.44. The summed E-state index contributed by atoms with van der Waals surface area (Å²) in [6.07, 6.45) is 10.4. The Kier molecular flexibility index (Phi) is 5.33. The summed E-state index contributed by atoms with van der Waals surface area (Å²) in [6.45, 7) is 4.58. The Bertz CT molecular complexity index is 409. The van der Waals surface area contributed by atoms with Gasteiger partial charge in [0, 0.05) is 19.6 Å². The number of nitrogens with zero attached hydrogens (tertiary/aromatic N) is 2. The molecule has 1 aliphatic carbocycles. The van der Waals surface area contributed by atoms with Crippen molar-refractivity contribution >= 4 is 11.5 Å². The number of anilines is 2. The normalized spacial score (nSPS) is 20.5. The first-order valence-electron chi connectivity index (χ1n) is 8.44. The van der Waals surface area contributed by atoms with E-state index in [-0.39, 0.29) is 0 Å². The minimum absolute atomic E-state index is 0.809. The van der Waals surface area contributed by atoms with Gasteiger partial charge in [-0.15, -0.1) is 0 Å². The van der Waals surface area contributed by atoms with Gasteiger partial charge in [0.05, 0.1) is 25.1 Å². The fourth-order valence-corrected chi connectivity index (χ4v) is 3.37. The summed E-state index contributed by atoms with van der Waals surface area (Å²) >= 11 is 0. The van der Waals surface area contributed by atoms with Gasteiger partial charge in [-0.1, -0.05) is 32.1 Å². The summed E-state index contributed by atoms with van der Waals surface area (Å²) < 4.78 is 5.37. The number of hydrogen-bond donors (Lipinski definition) is 1. The Balaban J connectivity index is 1.43. The molecule has 21 heavy (non-hydrogen) atoms. The highest BCUT2D eigenvalue weighted by Crippen LogP contribution is 2.26. The van der Waals surface area contributed by atoms with Crippen LogP contribution in [0.4, 0.5) is 11.5 Å². The van der Waals surface area contributed by atoms with Crippen LogP contribution in [0.3, 0.4) is 0 Å². The van der Waals surface area contributed by atoms with E-state index in [1.54, 1.807) is 0 Å². The van der Waals surface area contributed by atoms with Crippen molar-refractivity contribution in [3.05, 3.63) is 18.3 Å². The van der Waals surface area contributed by atoms with Crippen molar-refractivity contribution in [2.24, 2.45) is 5.92 Å². The van der Waals surface area contributed by atoms with Gasteiger partial charge >= 0.3 is 0 Å². The van der Waals surface area contributed by atoms with Crippen LogP contribution in [0, 0.1) is 5.92 Å². The molecular weight excluding hydrogens is 262 g/mol. The zero-order chi connectivity index (χ0) is 14.3. The van der Waals surface area contributed by atoms with Crippen molar-refractivity contribution in [3.63, 3.8) is 0 Å². The quantitative estimate of drug-likeness (QED) is 0.902. The second-order valence-electron chi connectivity index (χ2n) is 6.22. The monoisotopic (exact) mass is 289 g/mol. The summed E-state index contributed by atoms with van der Waals surface area (Å²) in [5.74, 6) is 2.00. The lowest BCUT2D eigenvalue weighted by molar-refractivity contribution is 0.122. The molecule has 0 amide bonds. The lowest BCUT2D eigenvalue weighted by atomic mass is 9.87. The van der Waals surface area contributed by atoms with Crippen LogP contribution in [0.5, 0.6) is 0 Å². The molecule has 0 spiro atoms. The van der Waals surface area contributed by atoms with E-state index in [4.69, 9.17) is 4.74 Å². The third-order valence-corrected chi connectivity index (χ3v) is 4.69. The topological polar surface area (TPSA) is 37.4 Å². The number of nitrogens with one attached hydrogen (secondary N) is 1. The molecule has 2 aliphatic rings. The van der Waals surface area contributed by atoms with Crippen LogP contribution >= 0.6 is 0 Å². The fraction of sp³-hybridized carbons (Fsp3) is 0.706. The lowest BCUT2D eigenvalue weighted by Crippen LogP contribution is -2.36. The molecule has 1 saturated carbocycles. The van der Waals surface area contributed by atoms with E-state index in [1.807, 2.05) is 6.20 Å². The Morgan fingerprint density at radius 1 is 1.14 bits per heavy atom. The summed E-state index contributed by atoms with van der Waals surface area (Å²) in [7, 11) is 0. The predicted molar refractivity (Wildman–Crippen MR) is 87.0 cm³/mol. The maximum absolute atomic E-state index is 5.37. The van der Waals surface area contributed by atoms with Crippen molar-refractivity contribution in [3.8, 4) is 0 Å². The number of morpholine rings is 1. The molecule has 0 unspecified atom stereocenters. The zero-order valence-electron chi connectivity index (χ0n) is 12.9. The van der Waals surface area contributed by atoms with Gasteiger partial charge in [-0.05, 0) is 24.5 Å². The van der Waals surface area contributed by atoms with Crippen LogP contribution < -0.4 is 10.2 Å². The van der Waals surface area contributed by atoms with E-state index in [0.29, 0.717) is 0 Å². The molecule has 0 radical (unpaired) electrons. The molecule has 116 valence electrons. The average molecular weight is 289 g/mol. The van der Waals surface area contributed by atoms with E-state index < -0.39 is 0 Å². The third kappa shape index (κ3) is 4.34. The molecule has 2 fully saturated rings. The Morgan fingerprint density at radius 2 is 1.95 bits per heavy atom. The van der Waals surface area contributed by atoms with E-state index in [9.17, 15) is 0 Å². The number of aromatic nitrogens is 1. The van der Waals surface area contributed by atoms with Crippen molar-refractivity contribution in [1.82, 2.24) is 4.98 Å². The smallest absolute Gasteiger partial charge is 0.128 e. The third-order valence-electron chi connectivity index (χ3n) is 4.69. The van der Waals surface area contributed by atoms with E-state index in [1.165, 1.54) is 38.5 Å². The van der Waals surface area contributed by atoms with Crippen LogP contribution in [-0.4, -0.2) is 37.8 Å². The summed E-state index contributed by atoms with van der Waals surface area (Å²) in [4.78, 5) is 6.86. The molecule has 2 heterocycles. The zero-order valence-corrected chi connectivity index (χ0v) is 12.9. The van der Waals surface area contributed by atoms with Crippen LogP contribution in [0.15, 0.2) is 18.3 Å². The van der Waals surface area contributed by atoms with Gasteiger partial charge in [0.25, 0.3) is 0 Å². The van der Waals surface area contributed by atoms with Crippen LogP contribution in [-0.2, 0) is 4.74 Å². The highest BCUT2D eigenvalue weighted by Gasteiger charge is 2.13. The maximum atomic E-state index is 5.37. The Hall–Kier alpha value is -1.29. The minimum atomic E-state index is 0.809. The second-order valence-corrected chi connectivity index (χ2v) is 6.22. The number of hydrogen-bond acceptors (Lipinski definition) is 4. The maximum Gasteiger partial charge on any atom is 0.128 e. The molecular formula is C17H27N3O. The first-order chi connectivity index (χ1) is 10.4. The molecule has 3 rings (SSSR count). The van der Waals surface area contributed by atoms with Gasteiger partial charge in [-0.2, -0.15) is 0 Å². The molecule has 1 aliphatic heterocycles. The number of ether oxygens (including phenoxy) is 1. The molecule has 4 nitrogen and oxygen atoms in total. The van der Waals surface area contributed by atoms with E-state index in [0.717, 1.165) is 50.3 Å². The molecule has 0 bridgehead atoms. The fourth-order valence-electron chi connectivity index (χ4n) is 3.37. The second kappa shape index (κ2) is 7.64. The van der Waals surface area contributed by atoms with Gasteiger partial charge < -0.3 is 15.0 Å². The van der Waals surface area contributed by atoms with Gasteiger partial charge in [0.1, 0.15) is 5.82 Å². The Labute approximate surface area is 127 Å². The van der Waals surface area contributed by atoms with Crippen LogP contribution in [0.2, 0.25) is 0 Å². The standard InChI is InChI=1S/C17H27N3O/c1-2-4-15(5-3-1)8-9-18-16-6-7-17(19-14-16)20-10-12-21-13-11-20/h6-7,14-15,18H,1-5,8-13H2. The van der Waals surface area contributed by atoms with Crippen molar-refractivity contribution < 1.29 is 4.74 Å². The molecule has 1 aromatic rings. The van der Waals surface area contributed by atoms with E-state index >= 15 is 0 Å². The minimum Gasteiger partial charge on any atom is -0.384 e. The average Bonchev–Trinajstić information content (AvgIpc) is 2.57. The van der Waals surface area contributed by atoms with Crippen molar-refractivity contribution in [2.45, 2.75) is 38.5 Å². The summed E-state index contributed by atoms with van der Waals surface area (Å²) in [5, 5.41) is 3.52. The van der Waals surface area contributed by atoms with Crippen LogP contribution in [0.1, 0.15) is 38.5 Å². The van der Waals surface area contributed by atoms with Gasteiger partial charge in [0.2, 0.25) is 0 Å². The molecule has 0 atom stereocenters. The summed E-state index contributed by atoms with van der Waals surface area (Å²) in [5.41, 5.74) is 1.14. The highest BCUT2D eigenvalue weighted by molar-refractivity contribution is 5.48. The molecule has 1 N–H and O–H groups in total. The molecule has 1 aromatic heterocycles. The Morgan fingerprint density at radius 3 is 2.67 bits per heavy atom. The number of rotatable bonds is 5. The molecule has 0 aromatic carbocycles. The molecule has 1 saturated heterocycles. The lowest BCUT2D eigenvalue weighted by Gasteiger charge is -2.27. The highest BCUT2D eigenvalue weighted by atomic mass is 16.5. The summed E-state index contributed by atoms with van der Waals surface area (Å²) in [6, 6.07) is 4.27.